The average molecular weight is 302 g/mol. The van der Waals surface area contributed by atoms with Crippen molar-refractivity contribution in [2.45, 2.75) is 39.2 Å². The van der Waals surface area contributed by atoms with Gasteiger partial charge in [0, 0.05) is 10.7 Å². The van der Waals surface area contributed by atoms with Crippen molar-refractivity contribution in [3.05, 3.63) is 22.6 Å². The summed E-state index contributed by atoms with van der Waals surface area (Å²) in [4.78, 5) is 3.97. The second-order valence-corrected chi connectivity index (χ2v) is 5.86. The molecule has 0 saturated heterocycles. The topological polar surface area (TPSA) is 22.1 Å². The summed E-state index contributed by atoms with van der Waals surface area (Å²) in [5.74, 6) is 1.09. The molecule has 0 bridgehead atoms. The summed E-state index contributed by atoms with van der Waals surface area (Å²) < 4.78 is 19.8. The van der Waals surface area contributed by atoms with Crippen LogP contribution >= 0.6 is 15.9 Å². The van der Waals surface area contributed by atoms with Crippen LogP contribution < -0.4 is 4.74 Å². The Morgan fingerprint density at radius 2 is 2.12 bits per heavy atom. The maximum atomic E-state index is 13.6. The SMILES string of the molecule is CC1CCC(Oc2ncc(Br)cc2F)CC1C. The van der Waals surface area contributed by atoms with Gasteiger partial charge in [0.2, 0.25) is 0 Å². The summed E-state index contributed by atoms with van der Waals surface area (Å²) in [6.07, 6.45) is 4.78. The molecule has 1 aliphatic carbocycles. The zero-order valence-electron chi connectivity index (χ0n) is 10.1. The van der Waals surface area contributed by atoms with Crippen molar-refractivity contribution in [1.29, 1.82) is 0 Å². The Kier molecular flexibility index (Phi) is 4.02. The van der Waals surface area contributed by atoms with Gasteiger partial charge in [-0.25, -0.2) is 9.37 Å². The van der Waals surface area contributed by atoms with Gasteiger partial charge in [0.25, 0.3) is 5.88 Å². The molecule has 1 aliphatic rings. The third kappa shape index (κ3) is 3.18. The van der Waals surface area contributed by atoms with Crippen LogP contribution in [-0.2, 0) is 0 Å². The second-order valence-electron chi connectivity index (χ2n) is 4.95. The lowest BCUT2D eigenvalue weighted by Gasteiger charge is -2.31. The highest BCUT2D eigenvalue weighted by molar-refractivity contribution is 9.10. The molecule has 1 saturated carbocycles. The maximum Gasteiger partial charge on any atom is 0.250 e. The van der Waals surface area contributed by atoms with E-state index >= 15 is 0 Å². The lowest BCUT2D eigenvalue weighted by Crippen LogP contribution is -2.29. The molecule has 94 valence electrons. The molecule has 1 aromatic rings. The summed E-state index contributed by atoms with van der Waals surface area (Å²) in [7, 11) is 0. The highest BCUT2D eigenvalue weighted by Gasteiger charge is 2.26. The molecular weight excluding hydrogens is 285 g/mol. The molecule has 1 aromatic heterocycles. The largest absolute Gasteiger partial charge is 0.472 e. The molecule has 0 spiro atoms. The minimum absolute atomic E-state index is 0.101. The van der Waals surface area contributed by atoms with E-state index in [4.69, 9.17) is 4.74 Å². The molecular formula is C13H17BrFNO. The van der Waals surface area contributed by atoms with Crippen molar-refractivity contribution < 1.29 is 9.13 Å². The Labute approximate surface area is 110 Å². The summed E-state index contributed by atoms with van der Waals surface area (Å²) in [6.45, 7) is 4.49. The van der Waals surface area contributed by atoms with Crippen LogP contribution in [0, 0.1) is 17.7 Å². The molecule has 1 heterocycles. The number of nitrogens with zero attached hydrogens (tertiary/aromatic N) is 1. The van der Waals surface area contributed by atoms with Crippen LogP contribution in [0.1, 0.15) is 33.1 Å². The normalized spacial score (nSPS) is 29.1. The Morgan fingerprint density at radius 1 is 1.35 bits per heavy atom. The quantitative estimate of drug-likeness (QED) is 0.817. The summed E-state index contributed by atoms with van der Waals surface area (Å²) in [5, 5.41) is 0. The van der Waals surface area contributed by atoms with E-state index in [1.54, 1.807) is 6.20 Å². The minimum atomic E-state index is -0.398. The van der Waals surface area contributed by atoms with Crippen molar-refractivity contribution in [3.63, 3.8) is 0 Å². The third-order valence-electron chi connectivity index (χ3n) is 3.60. The fourth-order valence-electron chi connectivity index (χ4n) is 2.25. The Morgan fingerprint density at radius 3 is 2.76 bits per heavy atom. The van der Waals surface area contributed by atoms with Crippen LogP contribution in [-0.4, -0.2) is 11.1 Å². The third-order valence-corrected chi connectivity index (χ3v) is 4.04. The van der Waals surface area contributed by atoms with Crippen LogP contribution in [0.3, 0.4) is 0 Å². The van der Waals surface area contributed by atoms with Gasteiger partial charge in [-0.2, -0.15) is 0 Å². The summed E-state index contributed by atoms with van der Waals surface area (Å²) in [5.41, 5.74) is 0. The second kappa shape index (κ2) is 5.34. The fraction of sp³-hybridized carbons (Fsp3) is 0.615. The highest BCUT2D eigenvalue weighted by atomic mass is 79.9. The first-order valence-electron chi connectivity index (χ1n) is 6.04. The number of halogens is 2. The monoisotopic (exact) mass is 301 g/mol. The molecule has 2 nitrogen and oxygen atoms in total. The van der Waals surface area contributed by atoms with Gasteiger partial charge >= 0.3 is 0 Å². The lowest BCUT2D eigenvalue weighted by atomic mass is 9.80. The van der Waals surface area contributed by atoms with Crippen molar-refractivity contribution in [1.82, 2.24) is 4.98 Å². The number of hydrogen-bond donors (Lipinski definition) is 0. The molecule has 0 amide bonds. The van der Waals surface area contributed by atoms with Crippen molar-refractivity contribution in [3.8, 4) is 5.88 Å². The Bertz CT molecular complexity index is 399. The molecule has 0 aliphatic heterocycles. The molecule has 2 rings (SSSR count). The van der Waals surface area contributed by atoms with Crippen molar-refractivity contribution in [2.75, 3.05) is 0 Å². The van der Waals surface area contributed by atoms with E-state index in [0.717, 1.165) is 25.2 Å². The predicted octanol–water partition coefficient (Wildman–Crippen LogP) is 4.19. The van der Waals surface area contributed by atoms with Crippen LogP contribution in [0.4, 0.5) is 4.39 Å². The smallest absolute Gasteiger partial charge is 0.250 e. The van der Waals surface area contributed by atoms with Crippen LogP contribution in [0.2, 0.25) is 0 Å². The summed E-state index contributed by atoms with van der Waals surface area (Å²) in [6, 6.07) is 1.39. The standard InChI is InChI=1S/C13H17BrFNO/c1-8-3-4-11(5-9(8)2)17-13-12(15)6-10(14)7-16-13/h6-9,11H,3-5H2,1-2H3. The number of pyridine rings is 1. The van der Waals surface area contributed by atoms with Crippen LogP contribution in [0.15, 0.2) is 16.7 Å². The minimum Gasteiger partial charge on any atom is -0.472 e. The van der Waals surface area contributed by atoms with Gasteiger partial charge in [-0.3, -0.25) is 0 Å². The molecule has 0 radical (unpaired) electrons. The first kappa shape index (κ1) is 12.8. The van der Waals surface area contributed by atoms with Crippen molar-refractivity contribution in [2.24, 2.45) is 11.8 Å². The van der Waals surface area contributed by atoms with E-state index in [1.165, 1.54) is 6.07 Å². The van der Waals surface area contributed by atoms with E-state index in [-0.39, 0.29) is 12.0 Å². The van der Waals surface area contributed by atoms with Gasteiger partial charge < -0.3 is 4.74 Å². The number of rotatable bonds is 2. The first-order valence-corrected chi connectivity index (χ1v) is 6.83. The van der Waals surface area contributed by atoms with Crippen LogP contribution in [0.25, 0.3) is 0 Å². The van der Waals surface area contributed by atoms with Crippen molar-refractivity contribution >= 4 is 15.9 Å². The molecule has 3 unspecified atom stereocenters. The number of ether oxygens (including phenoxy) is 1. The average Bonchev–Trinajstić information content (AvgIpc) is 2.27. The van der Waals surface area contributed by atoms with Gasteiger partial charge in [0.05, 0.1) is 0 Å². The van der Waals surface area contributed by atoms with Crippen LogP contribution in [0.5, 0.6) is 5.88 Å². The molecule has 17 heavy (non-hydrogen) atoms. The fourth-order valence-corrected chi connectivity index (χ4v) is 2.56. The zero-order valence-corrected chi connectivity index (χ0v) is 11.7. The van der Waals surface area contributed by atoms with Gasteiger partial charge in [0.15, 0.2) is 5.82 Å². The van der Waals surface area contributed by atoms with Gasteiger partial charge in [-0.1, -0.05) is 13.8 Å². The Balaban J connectivity index is 2.01. The number of hydrogen-bond acceptors (Lipinski definition) is 2. The van der Waals surface area contributed by atoms with E-state index in [2.05, 4.69) is 34.8 Å². The zero-order chi connectivity index (χ0) is 12.4. The van der Waals surface area contributed by atoms with E-state index < -0.39 is 5.82 Å². The van der Waals surface area contributed by atoms with Gasteiger partial charge in [-0.05, 0) is 53.1 Å². The van der Waals surface area contributed by atoms with Gasteiger partial charge in [-0.15, -0.1) is 0 Å². The lowest BCUT2D eigenvalue weighted by molar-refractivity contribution is 0.0922. The number of aromatic nitrogens is 1. The van der Waals surface area contributed by atoms with E-state index in [9.17, 15) is 4.39 Å². The molecule has 0 aromatic carbocycles. The predicted molar refractivity (Wildman–Crippen MR) is 68.5 cm³/mol. The van der Waals surface area contributed by atoms with E-state index in [1.807, 2.05) is 0 Å². The first-order chi connectivity index (χ1) is 8.06. The molecule has 3 atom stereocenters. The highest BCUT2D eigenvalue weighted by Crippen LogP contribution is 2.32. The van der Waals surface area contributed by atoms with Gasteiger partial charge in [0.1, 0.15) is 6.10 Å². The molecule has 0 N–H and O–H groups in total. The molecule has 4 heteroatoms. The molecule has 1 fully saturated rings. The summed E-state index contributed by atoms with van der Waals surface area (Å²) >= 11 is 3.18. The Hall–Kier alpha value is -0.640. The van der Waals surface area contributed by atoms with E-state index in [0.29, 0.717) is 10.4 Å². The maximum absolute atomic E-state index is 13.6.